The highest BCUT2D eigenvalue weighted by atomic mass is 16.6. The molecule has 7 heteroatoms. The summed E-state index contributed by atoms with van der Waals surface area (Å²) in [6.07, 6.45) is -0.849. The molecular formula is C16H19NO6. The first-order valence-electron chi connectivity index (χ1n) is 7.35. The van der Waals surface area contributed by atoms with Crippen LogP contribution in [0.1, 0.15) is 18.4 Å². The van der Waals surface area contributed by atoms with Crippen molar-refractivity contribution in [3.05, 3.63) is 35.9 Å². The molecule has 0 aromatic heterocycles. The number of carboxylic acids is 2. The van der Waals surface area contributed by atoms with Crippen LogP contribution in [0, 0.1) is 11.8 Å². The number of amides is 1. The van der Waals surface area contributed by atoms with Crippen LogP contribution in [-0.4, -0.2) is 46.2 Å². The first kappa shape index (κ1) is 16.8. The van der Waals surface area contributed by atoms with Gasteiger partial charge in [0.05, 0.1) is 12.8 Å². The molecule has 7 nitrogen and oxygen atoms in total. The van der Waals surface area contributed by atoms with Gasteiger partial charge in [0.1, 0.15) is 6.61 Å². The van der Waals surface area contributed by atoms with Crippen molar-refractivity contribution in [2.75, 3.05) is 13.1 Å². The number of hydrogen-bond acceptors (Lipinski definition) is 4. The highest BCUT2D eigenvalue weighted by molar-refractivity contribution is 5.71. The van der Waals surface area contributed by atoms with Gasteiger partial charge in [-0.3, -0.25) is 9.59 Å². The maximum atomic E-state index is 12.1. The number of aliphatic carboxylic acids is 2. The van der Waals surface area contributed by atoms with Crippen molar-refractivity contribution >= 4 is 18.0 Å². The summed E-state index contributed by atoms with van der Waals surface area (Å²) in [6.45, 7) is 0.541. The maximum Gasteiger partial charge on any atom is 0.410 e. The summed E-state index contributed by atoms with van der Waals surface area (Å²) < 4.78 is 5.21. The van der Waals surface area contributed by atoms with E-state index in [9.17, 15) is 14.4 Å². The molecule has 1 aliphatic heterocycles. The van der Waals surface area contributed by atoms with Crippen molar-refractivity contribution in [3.8, 4) is 0 Å². The van der Waals surface area contributed by atoms with Crippen molar-refractivity contribution in [2.24, 2.45) is 11.8 Å². The van der Waals surface area contributed by atoms with Gasteiger partial charge in [0.15, 0.2) is 0 Å². The van der Waals surface area contributed by atoms with Crippen LogP contribution in [0.2, 0.25) is 0 Å². The number of carbonyl (C=O) groups is 3. The molecule has 2 rings (SSSR count). The van der Waals surface area contributed by atoms with Gasteiger partial charge in [0, 0.05) is 13.1 Å². The molecular weight excluding hydrogens is 302 g/mol. The largest absolute Gasteiger partial charge is 0.481 e. The fraction of sp³-hybridized carbons (Fsp3) is 0.438. The van der Waals surface area contributed by atoms with Crippen LogP contribution in [0.4, 0.5) is 4.79 Å². The Balaban J connectivity index is 1.92. The number of hydrogen-bond donors (Lipinski definition) is 2. The van der Waals surface area contributed by atoms with E-state index >= 15 is 0 Å². The zero-order valence-electron chi connectivity index (χ0n) is 12.6. The summed E-state index contributed by atoms with van der Waals surface area (Å²) in [5, 5.41) is 17.8. The molecule has 23 heavy (non-hydrogen) atoms. The lowest BCUT2D eigenvalue weighted by Gasteiger charge is -2.16. The molecule has 1 aromatic carbocycles. The summed E-state index contributed by atoms with van der Waals surface area (Å²) in [5.74, 6) is -2.73. The molecule has 0 bridgehead atoms. The zero-order chi connectivity index (χ0) is 16.8. The first-order chi connectivity index (χ1) is 11.0. The molecule has 1 fully saturated rings. The predicted octanol–water partition coefficient (Wildman–Crippen LogP) is 1.82. The fourth-order valence-corrected chi connectivity index (χ4v) is 2.81. The third-order valence-corrected chi connectivity index (χ3v) is 3.91. The van der Waals surface area contributed by atoms with Gasteiger partial charge < -0.3 is 19.8 Å². The molecule has 0 radical (unpaired) electrons. The zero-order valence-corrected chi connectivity index (χ0v) is 12.6. The van der Waals surface area contributed by atoms with Gasteiger partial charge in [-0.15, -0.1) is 0 Å². The van der Waals surface area contributed by atoms with Gasteiger partial charge >= 0.3 is 18.0 Å². The Hall–Kier alpha value is -2.57. The monoisotopic (exact) mass is 321 g/mol. The van der Waals surface area contributed by atoms with E-state index < -0.39 is 18.0 Å². The maximum absolute atomic E-state index is 12.1. The Labute approximate surface area is 133 Å². The summed E-state index contributed by atoms with van der Waals surface area (Å²) in [4.78, 5) is 35.3. The molecule has 124 valence electrons. The second-order valence-electron chi connectivity index (χ2n) is 5.66. The van der Waals surface area contributed by atoms with E-state index in [1.54, 1.807) is 0 Å². The van der Waals surface area contributed by atoms with E-state index in [-0.39, 0.29) is 44.4 Å². The van der Waals surface area contributed by atoms with Crippen LogP contribution in [0.15, 0.2) is 30.3 Å². The highest BCUT2D eigenvalue weighted by Crippen LogP contribution is 2.29. The van der Waals surface area contributed by atoms with Crippen molar-refractivity contribution in [1.82, 2.24) is 4.90 Å². The van der Waals surface area contributed by atoms with Crippen LogP contribution >= 0.6 is 0 Å². The minimum atomic E-state index is -0.995. The minimum Gasteiger partial charge on any atom is -0.481 e. The molecule has 0 spiro atoms. The van der Waals surface area contributed by atoms with E-state index in [2.05, 4.69) is 0 Å². The topological polar surface area (TPSA) is 104 Å². The molecule has 1 saturated heterocycles. The molecule has 1 amide bonds. The lowest BCUT2D eigenvalue weighted by Crippen LogP contribution is -2.29. The highest BCUT2D eigenvalue weighted by Gasteiger charge is 2.38. The smallest absolute Gasteiger partial charge is 0.410 e. The second kappa shape index (κ2) is 7.62. The molecule has 0 aliphatic carbocycles. The van der Waals surface area contributed by atoms with Gasteiger partial charge in [-0.25, -0.2) is 4.79 Å². The van der Waals surface area contributed by atoms with Crippen LogP contribution in [0.5, 0.6) is 0 Å². The van der Waals surface area contributed by atoms with E-state index in [1.807, 2.05) is 30.3 Å². The van der Waals surface area contributed by atoms with Crippen molar-refractivity contribution < 1.29 is 29.3 Å². The Morgan fingerprint density at radius 2 is 1.52 bits per heavy atom. The Morgan fingerprint density at radius 3 is 2.00 bits per heavy atom. The average Bonchev–Trinajstić information content (AvgIpc) is 2.87. The number of ether oxygens (including phenoxy) is 1. The lowest BCUT2D eigenvalue weighted by molar-refractivity contribution is -0.141. The average molecular weight is 321 g/mol. The Bertz CT molecular complexity index is 549. The van der Waals surface area contributed by atoms with Crippen molar-refractivity contribution in [2.45, 2.75) is 19.4 Å². The van der Waals surface area contributed by atoms with Gasteiger partial charge in [0.25, 0.3) is 0 Å². The van der Waals surface area contributed by atoms with Crippen LogP contribution in [0.3, 0.4) is 0 Å². The first-order valence-corrected chi connectivity index (χ1v) is 7.35. The van der Waals surface area contributed by atoms with E-state index in [1.165, 1.54) is 4.90 Å². The quantitative estimate of drug-likeness (QED) is 0.828. The van der Waals surface area contributed by atoms with E-state index in [0.717, 1.165) is 5.56 Å². The number of nitrogens with zero attached hydrogens (tertiary/aromatic N) is 1. The summed E-state index contributed by atoms with van der Waals surface area (Å²) in [5.41, 5.74) is 0.851. The Morgan fingerprint density at radius 1 is 1.00 bits per heavy atom. The molecule has 0 unspecified atom stereocenters. The number of carboxylic acid groups (broad SMARTS) is 2. The fourth-order valence-electron chi connectivity index (χ4n) is 2.81. The third-order valence-electron chi connectivity index (χ3n) is 3.91. The lowest BCUT2D eigenvalue weighted by atomic mass is 9.90. The number of benzene rings is 1. The van der Waals surface area contributed by atoms with Crippen LogP contribution < -0.4 is 0 Å². The van der Waals surface area contributed by atoms with Crippen molar-refractivity contribution in [3.63, 3.8) is 0 Å². The predicted molar refractivity (Wildman–Crippen MR) is 79.7 cm³/mol. The third kappa shape index (κ3) is 4.98. The van der Waals surface area contributed by atoms with Gasteiger partial charge in [-0.05, 0) is 17.4 Å². The molecule has 1 aromatic rings. The van der Waals surface area contributed by atoms with Crippen LogP contribution in [0.25, 0.3) is 0 Å². The molecule has 2 atom stereocenters. The molecule has 2 N–H and O–H groups in total. The summed E-state index contributed by atoms with van der Waals surface area (Å²) >= 11 is 0. The summed E-state index contributed by atoms with van der Waals surface area (Å²) in [6, 6.07) is 9.20. The number of carbonyl (C=O) groups excluding carboxylic acids is 1. The van der Waals surface area contributed by atoms with Gasteiger partial charge in [-0.1, -0.05) is 30.3 Å². The minimum absolute atomic E-state index is 0.128. The van der Waals surface area contributed by atoms with Crippen LogP contribution in [-0.2, 0) is 20.9 Å². The normalized spacial score (nSPS) is 20.3. The van der Waals surface area contributed by atoms with E-state index in [0.29, 0.717) is 0 Å². The molecule has 1 aliphatic rings. The van der Waals surface area contributed by atoms with Gasteiger partial charge in [0.2, 0.25) is 0 Å². The second-order valence-corrected chi connectivity index (χ2v) is 5.66. The van der Waals surface area contributed by atoms with Gasteiger partial charge in [-0.2, -0.15) is 0 Å². The van der Waals surface area contributed by atoms with E-state index in [4.69, 9.17) is 14.9 Å². The molecule has 0 saturated carbocycles. The number of likely N-dealkylation sites (tertiary alicyclic amines) is 1. The molecule has 1 heterocycles. The standard InChI is InChI=1S/C16H19NO6/c18-14(19)6-12-8-17(9-13(12)7-15(20)21)16(22)23-10-11-4-2-1-3-5-11/h1-5,12-13H,6-10H2,(H,18,19)(H,20,21)/t12-,13+. The SMILES string of the molecule is O=C(O)C[C@@H]1CN(C(=O)OCc2ccccc2)C[C@@H]1CC(=O)O. The number of rotatable bonds is 6. The van der Waals surface area contributed by atoms with Crippen molar-refractivity contribution in [1.29, 1.82) is 0 Å². The Kier molecular flexibility index (Phi) is 5.56. The summed E-state index contributed by atoms with van der Waals surface area (Å²) in [7, 11) is 0.